The third-order valence-corrected chi connectivity index (χ3v) is 4.21. The van der Waals surface area contributed by atoms with Gasteiger partial charge >= 0.3 is 0 Å². The molecule has 1 aliphatic rings. The first-order chi connectivity index (χ1) is 14.9. The van der Waals surface area contributed by atoms with Crippen LogP contribution in [0.4, 0.5) is 14.5 Å². The van der Waals surface area contributed by atoms with Crippen LogP contribution in [-0.4, -0.2) is 47.6 Å². The Morgan fingerprint density at radius 1 is 1.18 bits per heavy atom. The molecule has 6 nitrogen and oxygen atoms in total. The summed E-state index contributed by atoms with van der Waals surface area (Å²) in [5.41, 5.74) is 0.654. The Balaban J connectivity index is 0. The standard InChI is InChI=1S/C11H13ClN2.C8H7F2NO2.C4H10O.W.Y/c1-11(7-13-8-11)14-6-9-2-4-10(12)5-3-9;9-6-1-2-8(7(10)3-6)11(4-12)5-13;1-4(2,3)5;;/h2-5H,6-8H2,1H3;1-4,13H,5H2;5H,1-3H3;;/q-2;;;;. The van der Waals surface area contributed by atoms with Gasteiger partial charge in [-0.25, -0.2) is 8.78 Å². The minimum absolute atomic E-state index is 0. The molecule has 11 heteroatoms. The van der Waals surface area contributed by atoms with Crippen molar-refractivity contribution in [3.05, 3.63) is 75.3 Å². The molecule has 1 fully saturated rings. The van der Waals surface area contributed by atoms with Crippen LogP contribution in [0.25, 0.3) is 10.6 Å². The Kier molecular flexibility index (Phi) is 18.1. The van der Waals surface area contributed by atoms with Gasteiger partial charge < -0.3 is 20.8 Å². The summed E-state index contributed by atoms with van der Waals surface area (Å²) >= 11 is 5.79. The smallest absolute Gasteiger partial charge is 0.216 e. The molecule has 1 saturated heterocycles. The van der Waals surface area contributed by atoms with E-state index in [1.165, 1.54) is 5.56 Å². The number of nitrogens with zero attached hydrogens (tertiary/aromatic N) is 3. The summed E-state index contributed by atoms with van der Waals surface area (Å²) < 4.78 is 25.3. The van der Waals surface area contributed by atoms with E-state index < -0.39 is 24.0 Å². The topological polar surface area (TPSA) is 89.0 Å². The van der Waals surface area contributed by atoms with Crippen LogP contribution >= 0.6 is 11.6 Å². The number of amides is 1. The van der Waals surface area contributed by atoms with Gasteiger partial charge in [0.2, 0.25) is 6.41 Å². The van der Waals surface area contributed by atoms with Crippen molar-refractivity contribution in [3.8, 4) is 0 Å². The third kappa shape index (κ3) is 14.9. The number of aliphatic hydroxyl groups excluding tert-OH is 1. The van der Waals surface area contributed by atoms with E-state index in [0.717, 1.165) is 41.7 Å². The second kappa shape index (κ2) is 17.2. The first-order valence-corrected chi connectivity index (χ1v) is 10.3. The van der Waals surface area contributed by atoms with Gasteiger partial charge in [-0.2, -0.15) is 18.6 Å². The van der Waals surface area contributed by atoms with Crippen molar-refractivity contribution in [2.75, 3.05) is 24.7 Å². The van der Waals surface area contributed by atoms with E-state index in [-0.39, 0.29) is 71.4 Å². The second-order valence-corrected chi connectivity index (χ2v) is 8.90. The first kappa shape index (κ1) is 35.9. The molecular formula is C23H30ClF2N3O3WY-2. The molecule has 2 N–H and O–H groups in total. The van der Waals surface area contributed by atoms with Gasteiger partial charge in [-0.05, 0) is 45.0 Å². The van der Waals surface area contributed by atoms with Crippen LogP contribution in [0.15, 0.2) is 42.5 Å². The van der Waals surface area contributed by atoms with Gasteiger partial charge in [-0.1, -0.05) is 36.2 Å². The van der Waals surface area contributed by atoms with Crippen LogP contribution < -0.4 is 4.90 Å². The van der Waals surface area contributed by atoms with E-state index >= 15 is 0 Å². The largest absolute Gasteiger partial charge is 0.664 e. The number of benzene rings is 2. The summed E-state index contributed by atoms with van der Waals surface area (Å²) in [6.07, 6.45) is 0.260. The molecule has 0 aromatic heterocycles. The summed E-state index contributed by atoms with van der Waals surface area (Å²) in [6, 6.07) is 10.6. The normalized spacial score (nSPS) is 13.3. The predicted molar refractivity (Wildman–Crippen MR) is 124 cm³/mol. The molecule has 1 amide bonds. The van der Waals surface area contributed by atoms with Gasteiger partial charge in [0.1, 0.15) is 18.4 Å². The van der Waals surface area contributed by atoms with Crippen molar-refractivity contribution in [1.29, 1.82) is 0 Å². The zero-order valence-corrected chi connectivity index (χ0v) is 26.2. The predicted octanol–water partition coefficient (Wildman–Crippen LogP) is 5.01. The van der Waals surface area contributed by atoms with Crippen molar-refractivity contribution in [3.63, 3.8) is 0 Å². The fraction of sp³-hybridized carbons (Fsp3) is 0.435. The Morgan fingerprint density at radius 3 is 2.09 bits per heavy atom. The van der Waals surface area contributed by atoms with Gasteiger partial charge in [0.25, 0.3) is 0 Å². The molecule has 0 atom stereocenters. The van der Waals surface area contributed by atoms with Gasteiger partial charge in [0, 0.05) is 64.9 Å². The van der Waals surface area contributed by atoms with Crippen molar-refractivity contribution in [1.82, 2.24) is 0 Å². The minimum Gasteiger partial charge on any atom is -0.664 e. The van der Waals surface area contributed by atoms with E-state index in [9.17, 15) is 13.6 Å². The molecule has 1 radical (unpaired) electrons. The number of aliphatic hydroxyl groups is 2. The van der Waals surface area contributed by atoms with E-state index in [1.807, 2.05) is 24.3 Å². The number of halogens is 3. The fourth-order valence-corrected chi connectivity index (χ4v) is 2.41. The van der Waals surface area contributed by atoms with Crippen molar-refractivity contribution in [2.24, 2.45) is 0 Å². The van der Waals surface area contributed by atoms with E-state index in [2.05, 4.69) is 17.6 Å². The molecule has 0 saturated carbocycles. The maximum Gasteiger partial charge on any atom is 0.216 e. The molecule has 2 aromatic rings. The molecule has 187 valence electrons. The maximum atomic E-state index is 12.9. The average Bonchev–Trinajstić information content (AvgIpc) is 2.68. The molecule has 0 bridgehead atoms. The Labute approximate surface area is 245 Å². The number of hydrogen-bond donors (Lipinski definition) is 2. The molecule has 3 rings (SSSR count). The quantitative estimate of drug-likeness (QED) is 0.323. The van der Waals surface area contributed by atoms with Crippen LogP contribution in [0.3, 0.4) is 0 Å². The Hall–Kier alpha value is -0.308. The van der Waals surface area contributed by atoms with E-state index in [4.69, 9.17) is 21.8 Å². The second-order valence-electron chi connectivity index (χ2n) is 8.46. The van der Waals surface area contributed by atoms with Crippen LogP contribution in [0.2, 0.25) is 5.02 Å². The number of anilines is 1. The molecule has 2 aromatic carbocycles. The average molecular weight is 743 g/mol. The van der Waals surface area contributed by atoms with Crippen LogP contribution in [0, 0.1) is 11.6 Å². The number of hydrogen-bond acceptors (Lipinski definition) is 3. The maximum absolute atomic E-state index is 12.9. The molecule has 34 heavy (non-hydrogen) atoms. The Morgan fingerprint density at radius 2 is 1.71 bits per heavy atom. The fourth-order valence-electron chi connectivity index (χ4n) is 2.29. The van der Waals surface area contributed by atoms with Crippen molar-refractivity contribution in [2.45, 2.75) is 45.4 Å². The molecule has 1 heterocycles. The summed E-state index contributed by atoms with van der Waals surface area (Å²) in [6.45, 7) is 9.25. The number of carbonyl (C=O) groups excluding carboxylic acids is 1. The van der Waals surface area contributed by atoms with Gasteiger partial charge in [-0.3, -0.25) is 9.69 Å². The Bertz CT molecular complexity index is 848. The molecule has 0 unspecified atom stereocenters. The van der Waals surface area contributed by atoms with Gasteiger partial charge in [-0.15, -0.1) is 6.54 Å². The zero-order chi connectivity index (χ0) is 24.4. The minimum atomic E-state index is -0.888. The first-order valence-electron chi connectivity index (χ1n) is 9.93. The SMILES string of the molecule is CC(C)(C)O.CC1([N-]Cc2ccc(Cl)cc2)C[N-]C1.O=CN(CO)c1ccc(F)cc1F.[W].[Y]. The number of carbonyl (C=O) groups is 1. The van der Waals surface area contributed by atoms with E-state index in [0.29, 0.717) is 6.07 Å². The monoisotopic (exact) mass is 742 g/mol. The summed E-state index contributed by atoms with van der Waals surface area (Å²) in [5, 5.41) is 26.7. The molecular weight excluding hydrogens is 712 g/mol. The molecule has 0 aliphatic carbocycles. The van der Waals surface area contributed by atoms with Crippen LogP contribution in [0.1, 0.15) is 33.3 Å². The summed E-state index contributed by atoms with van der Waals surface area (Å²) in [5.74, 6) is -1.62. The van der Waals surface area contributed by atoms with Crippen molar-refractivity contribution >= 4 is 23.7 Å². The molecule has 0 spiro atoms. The third-order valence-electron chi connectivity index (χ3n) is 3.96. The summed E-state index contributed by atoms with van der Waals surface area (Å²) in [4.78, 5) is 11.0. The summed E-state index contributed by atoms with van der Waals surface area (Å²) in [7, 11) is 0. The number of rotatable bonds is 6. The molecule has 1 aliphatic heterocycles. The van der Waals surface area contributed by atoms with Crippen LogP contribution in [0.5, 0.6) is 0 Å². The van der Waals surface area contributed by atoms with E-state index in [1.54, 1.807) is 20.8 Å². The zero-order valence-electron chi connectivity index (χ0n) is 19.7. The van der Waals surface area contributed by atoms with Crippen LogP contribution in [-0.2, 0) is 65.1 Å². The van der Waals surface area contributed by atoms with Gasteiger partial charge in [0.15, 0.2) is 0 Å². The van der Waals surface area contributed by atoms with Crippen molar-refractivity contribution < 1.29 is 77.6 Å². The van der Waals surface area contributed by atoms with Gasteiger partial charge in [0.05, 0.1) is 11.3 Å².